The van der Waals surface area contributed by atoms with Crippen LogP contribution in [-0.2, 0) is 13.0 Å². The molecule has 29 heavy (non-hydrogen) atoms. The number of nitrogens with zero attached hydrogens (tertiary/aromatic N) is 3. The van der Waals surface area contributed by atoms with Crippen molar-refractivity contribution in [2.75, 3.05) is 6.54 Å². The number of nitrogens with one attached hydrogen (secondary N) is 2. The molecule has 0 saturated heterocycles. The number of aromatic amines is 1. The summed E-state index contributed by atoms with van der Waals surface area (Å²) in [7, 11) is 0. The molecule has 0 radical (unpaired) electrons. The maximum absolute atomic E-state index is 12.6. The van der Waals surface area contributed by atoms with Crippen molar-refractivity contribution in [2.24, 2.45) is 0 Å². The average Bonchev–Trinajstić information content (AvgIpc) is 3.04. The Balaban J connectivity index is 1.47. The summed E-state index contributed by atoms with van der Waals surface area (Å²) in [6.07, 6.45) is 3.69. The van der Waals surface area contributed by atoms with E-state index in [1.165, 1.54) is 0 Å². The molecule has 2 N–H and O–H groups in total. The van der Waals surface area contributed by atoms with Crippen LogP contribution in [0.3, 0.4) is 0 Å². The molecule has 0 fully saturated rings. The maximum atomic E-state index is 12.6. The lowest BCUT2D eigenvalue weighted by molar-refractivity contribution is 0.642. The summed E-state index contributed by atoms with van der Waals surface area (Å²) in [6, 6.07) is 15.2. The highest BCUT2D eigenvalue weighted by atomic mass is 35.5. The van der Waals surface area contributed by atoms with Crippen LogP contribution in [0.1, 0.15) is 23.4 Å². The lowest BCUT2D eigenvalue weighted by Crippen LogP contribution is -2.22. The van der Waals surface area contributed by atoms with Gasteiger partial charge in [-0.3, -0.25) is 9.78 Å². The van der Waals surface area contributed by atoms with Gasteiger partial charge in [-0.05, 0) is 68.8 Å². The molecule has 3 aromatic heterocycles. The minimum atomic E-state index is -0.107. The van der Waals surface area contributed by atoms with E-state index in [1.807, 2.05) is 49.5 Å². The number of aryl methyl sites for hydroxylation is 2. The Morgan fingerprint density at radius 2 is 2.00 bits per heavy atom. The number of hydrogen-bond donors (Lipinski definition) is 2. The summed E-state index contributed by atoms with van der Waals surface area (Å²) in [5, 5.41) is 9.54. The van der Waals surface area contributed by atoms with Gasteiger partial charge in [-0.15, -0.1) is 0 Å². The molecule has 1 aromatic carbocycles. The second-order valence-corrected chi connectivity index (χ2v) is 7.40. The fourth-order valence-corrected chi connectivity index (χ4v) is 3.45. The molecule has 0 aliphatic heterocycles. The van der Waals surface area contributed by atoms with E-state index >= 15 is 0 Å². The first-order valence-electron chi connectivity index (χ1n) is 9.60. The largest absolute Gasteiger partial charge is 0.312 e. The fourth-order valence-electron chi connectivity index (χ4n) is 3.32. The van der Waals surface area contributed by atoms with Crippen molar-refractivity contribution in [3.63, 3.8) is 0 Å². The first-order valence-corrected chi connectivity index (χ1v) is 9.98. The van der Waals surface area contributed by atoms with Gasteiger partial charge in [-0.2, -0.15) is 5.10 Å². The SMILES string of the molecule is Cc1nn(-c2ccc(Cl)cc2)c2[nH]c(=O)c(CNCCCc3ccccn3)cc12. The van der Waals surface area contributed by atoms with Crippen molar-refractivity contribution in [3.8, 4) is 5.69 Å². The number of halogens is 1. The number of H-pyrrole nitrogens is 1. The highest BCUT2D eigenvalue weighted by Crippen LogP contribution is 2.21. The van der Waals surface area contributed by atoms with E-state index in [0.29, 0.717) is 22.8 Å². The number of benzene rings is 1. The van der Waals surface area contributed by atoms with Crippen LogP contribution in [0.25, 0.3) is 16.7 Å². The highest BCUT2D eigenvalue weighted by Gasteiger charge is 2.12. The Morgan fingerprint density at radius 1 is 1.17 bits per heavy atom. The van der Waals surface area contributed by atoms with Gasteiger partial charge in [-0.1, -0.05) is 17.7 Å². The Kier molecular flexibility index (Phi) is 5.74. The number of hydrogen-bond acceptors (Lipinski definition) is 4. The standard InChI is InChI=1S/C22H22ClN5O/c1-15-20-13-16(14-24-11-4-6-18-5-2-3-12-25-18)22(29)26-21(20)28(27-15)19-9-7-17(23)8-10-19/h2-3,5,7-10,12-13,24H,4,6,11,14H2,1H3,(H,26,29). The zero-order valence-corrected chi connectivity index (χ0v) is 16.9. The number of aromatic nitrogens is 4. The molecular weight excluding hydrogens is 386 g/mol. The Bertz CT molecular complexity index is 1170. The molecule has 0 amide bonds. The summed E-state index contributed by atoms with van der Waals surface area (Å²) in [4.78, 5) is 19.9. The van der Waals surface area contributed by atoms with Gasteiger partial charge in [0, 0.05) is 34.4 Å². The molecule has 0 aliphatic rings. The van der Waals surface area contributed by atoms with Crippen LogP contribution >= 0.6 is 11.6 Å². The third-order valence-corrected chi connectivity index (χ3v) is 5.10. The van der Waals surface area contributed by atoms with Crippen LogP contribution < -0.4 is 10.9 Å². The van der Waals surface area contributed by atoms with E-state index < -0.39 is 0 Å². The summed E-state index contributed by atoms with van der Waals surface area (Å²) in [5.41, 5.74) is 4.08. The molecule has 6 nitrogen and oxygen atoms in total. The minimum absolute atomic E-state index is 0.107. The van der Waals surface area contributed by atoms with E-state index in [0.717, 1.165) is 41.8 Å². The Morgan fingerprint density at radius 3 is 2.76 bits per heavy atom. The summed E-state index contributed by atoms with van der Waals surface area (Å²) < 4.78 is 1.74. The first-order chi connectivity index (χ1) is 14.1. The molecule has 4 aromatic rings. The molecule has 0 atom stereocenters. The minimum Gasteiger partial charge on any atom is -0.312 e. The number of rotatable bonds is 7. The zero-order valence-electron chi connectivity index (χ0n) is 16.2. The van der Waals surface area contributed by atoms with Gasteiger partial charge < -0.3 is 10.3 Å². The van der Waals surface area contributed by atoms with E-state index in [9.17, 15) is 4.79 Å². The molecule has 0 bridgehead atoms. The second kappa shape index (κ2) is 8.59. The zero-order chi connectivity index (χ0) is 20.2. The van der Waals surface area contributed by atoms with Crippen LogP contribution in [0.5, 0.6) is 0 Å². The van der Waals surface area contributed by atoms with Gasteiger partial charge in [0.05, 0.1) is 11.4 Å². The molecule has 0 saturated carbocycles. The molecule has 4 rings (SSSR count). The predicted octanol–water partition coefficient (Wildman–Crippen LogP) is 3.79. The Labute approximate surface area is 173 Å². The van der Waals surface area contributed by atoms with Crippen LogP contribution in [0.2, 0.25) is 5.02 Å². The van der Waals surface area contributed by atoms with Gasteiger partial charge in [0.1, 0.15) is 5.65 Å². The second-order valence-electron chi connectivity index (χ2n) is 6.96. The monoisotopic (exact) mass is 407 g/mol. The van der Waals surface area contributed by atoms with Crippen molar-refractivity contribution in [1.29, 1.82) is 0 Å². The molecule has 0 unspecified atom stereocenters. The van der Waals surface area contributed by atoms with E-state index in [1.54, 1.807) is 16.8 Å². The van der Waals surface area contributed by atoms with Gasteiger partial charge in [0.2, 0.25) is 0 Å². The molecule has 148 valence electrons. The summed E-state index contributed by atoms with van der Waals surface area (Å²) in [5.74, 6) is 0. The molecule has 0 aliphatic carbocycles. The quantitative estimate of drug-likeness (QED) is 0.457. The average molecular weight is 408 g/mol. The van der Waals surface area contributed by atoms with Gasteiger partial charge in [0.25, 0.3) is 5.56 Å². The third kappa shape index (κ3) is 4.39. The van der Waals surface area contributed by atoms with E-state index in [2.05, 4.69) is 20.4 Å². The van der Waals surface area contributed by atoms with Crippen molar-refractivity contribution >= 4 is 22.6 Å². The first kappa shape index (κ1) is 19.4. The third-order valence-electron chi connectivity index (χ3n) is 4.85. The smallest absolute Gasteiger partial charge is 0.254 e. The van der Waals surface area contributed by atoms with E-state index in [-0.39, 0.29) is 5.56 Å². The summed E-state index contributed by atoms with van der Waals surface area (Å²) in [6.45, 7) is 3.27. The van der Waals surface area contributed by atoms with Gasteiger partial charge in [0.15, 0.2) is 0 Å². The molecule has 3 heterocycles. The van der Waals surface area contributed by atoms with E-state index in [4.69, 9.17) is 11.6 Å². The van der Waals surface area contributed by atoms with Crippen molar-refractivity contribution in [1.82, 2.24) is 25.1 Å². The van der Waals surface area contributed by atoms with Crippen LogP contribution in [0, 0.1) is 6.92 Å². The Hall–Kier alpha value is -2.96. The fraction of sp³-hybridized carbons (Fsp3) is 0.227. The molecule has 7 heteroatoms. The van der Waals surface area contributed by atoms with Crippen LogP contribution in [0.4, 0.5) is 0 Å². The lowest BCUT2D eigenvalue weighted by atomic mass is 10.2. The predicted molar refractivity (Wildman–Crippen MR) is 116 cm³/mol. The maximum Gasteiger partial charge on any atom is 0.254 e. The molecule has 0 spiro atoms. The van der Waals surface area contributed by atoms with Crippen molar-refractivity contribution in [3.05, 3.63) is 87.1 Å². The molecular formula is C22H22ClN5O. The van der Waals surface area contributed by atoms with Gasteiger partial charge >= 0.3 is 0 Å². The lowest BCUT2D eigenvalue weighted by Gasteiger charge is -2.06. The van der Waals surface area contributed by atoms with Gasteiger partial charge in [-0.25, -0.2) is 4.68 Å². The number of fused-ring (bicyclic) bond motifs is 1. The summed E-state index contributed by atoms with van der Waals surface area (Å²) >= 11 is 5.98. The normalized spacial score (nSPS) is 11.2. The highest BCUT2D eigenvalue weighted by molar-refractivity contribution is 6.30. The van der Waals surface area contributed by atoms with Crippen LogP contribution in [0.15, 0.2) is 59.5 Å². The van der Waals surface area contributed by atoms with Crippen LogP contribution in [-0.4, -0.2) is 26.3 Å². The number of pyridine rings is 2. The van der Waals surface area contributed by atoms with Crippen molar-refractivity contribution in [2.45, 2.75) is 26.3 Å². The van der Waals surface area contributed by atoms with Crippen molar-refractivity contribution < 1.29 is 0 Å². The topological polar surface area (TPSA) is 75.6 Å².